The van der Waals surface area contributed by atoms with Crippen LogP contribution in [-0.4, -0.2) is 34.1 Å². The number of carboxylic acid groups (broad SMARTS) is 1. The summed E-state index contributed by atoms with van der Waals surface area (Å²) < 4.78 is 0. The van der Waals surface area contributed by atoms with Gasteiger partial charge in [0.25, 0.3) is 0 Å². The van der Waals surface area contributed by atoms with E-state index in [1.54, 1.807) is 0 Å². The molecule has 1 fully saturated rings. The van der Waals surface area contributed by atoms with E-state index in [9.17, 15) is 14.9 Å². The Bertz CT molecular complexity index is 532. The number of nitrogens with zero attached hydrogens (tertiary/aromatic N) is 3. The van der Waals surface area contributed by atoms with Gasteiger partial charge in [-0.2, -0.15) is 0 Å². The van der Waals surface area contributed by atoms with E-state index in [1.165, 1.54) is 12.1 Å². The molecule has 0 aliphatic carbocycles. The number of rotatable bonds is 4. The minimum absolute atomic E-state index is 0.133. The highest BCUT2D eigenvalue weighted by molar-refractivity contribution is 5.86. The van der Waals surface area contributed by atoms with Crippen molar-refractivity contribution in [1.29, 1.82) is 0 Å². The van der Waals surface area contributed by atoms with Gasteiger partial charge in [0.05, 0.1) is 4.92 Å². The van der Waals surface area contributed by atoms with E-state index >= 15 is 0 Å². The molecule has 0 amide bonds. The highest BCUT2D eigenvalue weighted by Gasteiger charge is 2.27. The van der Waals surface area contributed by atoms with Crippen molar-refractivity contribution in [2.24, 2.45) is 5.92 Å². The standard InChI is InChI=1S/C13H17N3O4/c1-2-9-4-3-7-15(8-9)12-11(16(19)20)6-5-10(14-12)13(17)18/h5-6,9H,2-4,7-8H2,1H3,(H,17,18). The van der Waals surface area contributed by atoms with Crippen molar-refractivity contribution in [2.45, 2.75) is 26.2 Å². The Morgan fingerprint density at radius 2 is 2.35 bits per heavy atom. The Labute approximate surface area is 116 Å². The lowest BCUT2D eigenvalue weighted by molar-refractivity contribution is -0.384. The average Bonchev–Trinajstić information content (AvgIpc) is 2.46. The Kier molecular flexibility index (Phi) is 4.16. The van der Waals surface area contributed by atoms with Crippen molar-refractivity contribution in [3.63, 3.8) is 0 Å². The van der Waals surface area contributed by atoms with E-state index in [2.05, 4.69) is 11.9 Å². The van der Waals surface area contributed by atoms with Crippen molar-refractivity contribution < 1.29 is 14.8 Å². The average molecular weight is 279 g/mol. The first-order valence-electron chi connectivity index (χ1n) is 6.66. The summed E-state index contributed by atoms with van der Waals surface area (Å²) in [6.45, 7) is 3.45. The van der Waals surface area contributed by atoms with Gasteiger partial charge in [-0.3, -0.25) is 10.1 Å². The Hall–Kier alpha value is -2.18. The molecular weight excluding hydrogens is 262 g/mol. The van der Waals surface area contributed by atoms with Crippen molar-refractivity contribution in [1.82, 2.24) is 4.98 Å². The van der Waals surface area contributed by atoms with Crippen LogP contribution in [0.4, 0.5) is 11.5 Å². The zero-order chi connectivity index (χ0) is 14.7. The summed E-state index contributed by atoms with van der Waals surface area (Å²) in [5.74, 6) is -0.531. The minimum Gasteiger partial charge on any atom is -0.477 e. The minimum atomic E-state index is -1.18. The van der Waals surface area contributed by atoms with Crippen LogP contribution >= 0.6 is 0 Å². The van der Waals surface area contributed by atoms with Crippen LogP contribution in [0.25, 0.3) is 0 Å². The number of carboxylic acids is 1. The Balaban J connectivity index is 2.38. The van der Waals surface area contributed by atoms with Crippen molar-refractivity contribution in [2.75, 3.05) is 18.0 Å². The van der Waals surface area contributed by atoms with Gasteiger partial charge in [-0.05, 0) is 24.8 Å². The zero-order valence-corrected chi connectivity index (χ0v) is 11.3. The fraction of sp³-hybridized carbons (Fsp3) is 0.538. The van der Waals surface area contributed by atoms with Gasteiger partial charge in [0.15, 0.2) is 5.69 Å². The molecule has 1 unspecified atom stereocenters. The first-order valence-corrected chi connectivity index (χ1v) is 6.66. The number of aromatic nitrogens is 1. The van der Waals surface area contributed by atoms with Crippen LogP contribution in [0.5, 0.6) is 0 Å². The van der Waals surface area contributed by atoms with E-state index in [0.29, 0.717) is 19.0 Å². The summed E-state index contributed by atoms with van der Waals surface area (Å²) in [7, 11) is 0. The fourth-order valence-corrected chi connectivity index (χ4v) is 2.53. The lowest BCUT2D eigenvalue weighted by Crippen LogP contribution is -2.36. The molecule has 1 aromatic heterocycles. The van der Waals surface area contributed by atoms with E-state index in [-0.39, 0.29) is 17.2 Å². The molecule has 0 bridgehead atoms. The van der Waals surface area contributed by atoms with Gasteiger partial charge in [0.2, 0.25) is 5.82 Å². The molecule has 1 aromatic rings. The number of aromatic carboxylic acids is 1. The first kappa shape index (κ1) is 14.2. The third-order valence-electron chi connectivity index (χ3n) is 3.67. The maximum absolute atomic E-state index is 11.1. The second-order valence-electron chi connectivity index (χ2n) is 4.96. The number of nitro groups is 1. The molecule has 1 aliphatic rings. The maximum atomic E-state index is 11.1. The number of pyridine rings is 1. The fourth-order valence-electron chi connectivity index (χ4n) is 2.53. The molecule has 2 rings (SSSR count). The maximum Gasteiger partial charge on any atom is 0.354 e. The van der Waals surface area contributed by atoms with Gasteiger partial charge in [-0.15, -0.1) is 0 Å². The summed E-state index contributed by atoms with van der Waals surface area (Å²) in [5.41, 5.74) is -0.295. The first-order chi connectivity index (χ1) is 9.52. The second-order valence-corrected chi connectivity index (χ2v) is 4.96. The lowest BCUT2D eigenvalue weighted by atomic mass is 9.95. The molecule has 1 N–H and O–H groups in total. The van der Waals surface area contributed by atoms with Gasteiger partial charge in [-0.25, -0.2) is 9.78 Å². The summed E-state index contributed by atoms with van der Waals surface area (Å²) in [6, 6.07) is 2.40. The van der Waals surface area contributed by atoms with Crippen molar-refractivity contribution >= 4 is 17.5 Å². The molecule has 20 heavy (non-hydrogen) atoms. The predicted molar refractivity (Wildman–Crippen MR) is 73.1 cm³/mol. The molecule has 0 spiro atoms. The van der Waals surface area contributed by atoms with Gasteiger partial charge < -0.3 is 10.0 Å². The van der Waals surface area contributed by atoms with E-state index in [4.69, 9.17) is 5.11 Å². The highest BCUT2D eigenvalue weighted by Crippen LogP contribution is 2.30. The number of anilines is 1. The molecule has 1 atom stereocenters. The molecular formula is C13H17N3O4. The van der Waals surface area contributed by atoms with Crippen LogP contribution in [-0.2, 0) is 0 Å². The topological polar surface area (TPSA) is 96.6 Å². The largest absolute Gasteiger partial charge is 0.477 e. The van der Waals surface area contributed by atoms with Crippen LogP contribution < -0.4 is 4.90 Å². The Morgan fingerprint density at radius 3 is 2.95 bits per heavy atom. The van der Waals surface area contributed by atoms with Gasteiger partial charge in [-0.1, -0.05) is 13.3 Å². The summed E-state index contributed by atoms with van der Waals surface area (Å²) in [6.07, 6.45) is 3.04. The molecule has 1 saturated heterocycles. The lowest BCUT2D eigenvalue weighted by Gasteiger charge is -2.32. The van der Waals surface area contributed by atoms with Gasteiger partial charge in [0, 0.05) is 19.2 Å². The monoisotopic (exact) mass is 279 g/mol. The van der Waals surface area contributed by atoms with Crippen LogP contribution in [0, 0.1) is 16.0 Å². The summed E-state index contributed by atoms with van der Waals surface area (Å²) >= 11 is 0. The molecule has 0 aromatic carbocycles. The highest BCUT2D eigenvalue weighted by atomic mass is 16.6. The van der Waals surface area contributed by atoms with Crippen LogP contribution in [0.2, 0.25) is 0 Å². The van der Waals surface area contributed by atoms with E-state index < -0.39 is 10.9 Å². The number of piperidine rings is 1. The van der Waals surface area contributed by atoms with Crippen molar-refractivity contribution in [3.8, 4) is 0 Å². The SMILES string of the molecule is CCC1CCCN(c2nc(C(=O)O)ccc2[N+](=O)[O-])C1. The number of carbonyl (C=O) groups is 1. The third-order valence-corrected chi connectivity index (χ3v) is 3.67. The second kappa shape index (κ2) is 5.85. The smallest absolute Gasteiger partial charge is 0.354 e. The van der Waals surface area contributed by atoms with Crippen LogP contribution in [0.3, 0.4) is 0 Å². The quantitative estimate of drug-likeness (QED) is 0.671. The van der Waals surface area contributed by atoms with Crippen LogP contribution in [0.15, 0.2) is 12.1 Å². The molecule has 0 radical (unpaired) electrons. The molecule has 108 valence electrons. The third kappa shape index (κ3) is 2.87. The summed E-state index contributed by atoms with van der Waals surface area (Å²) in [4.78, 5) is 27.4. The van der Waals surface area contributed by atoms with E-state index in [1.807, 2.05) is 4.90 Å². The number of hydrogen-bond acceptors (Lipinski definition) is 5. The Morgan fingerprint density at radius 1 is 1.60 bits per heavy atom. The summed E-state index contributed by atoms with van der Waals surface area (Å²) in [5, 5.41) is 20.1. The van der Waals surface area contributed by atoms with Gasteiger partial charge >= 0.3 is 11.7 Å². The predicted octanol–water partition coefficient (Wildman–Crippen LogP) is 2.31. The van der Waals surface area contributed by atoms with Crippen molar-refractivity contribution in [3.05, 3.63) is 27.9 Å². The molecule has 0 saturated carbocycles. The molecule has 7 nitrogen and oxygen atoms in total. The zero-order valence-electron chi connectivity index (χ0n) is 11.3. The van der Waals surface area contributed by atoms with Crippen LogP contribution in [0.1, 0.15) is 36.7 Å². The molecule has 2 heterocycles. The number of hydrogen-bond donors (Lipinski definition) is 1. The van der Waals surface area contributed by atoms with Gasteiger partial charge in [0.1, 0.15) is 0 Å². The molecule has 7 heteroatoms. The van der Waals surface area contributed by atoms with E-state index in [0.717, 1.165) is 19.3 Å². The molecule has 1 aliphatic heterocycles. The normalized spacial score (nSPS) is 18.9.